The third-order valence-corrected chi connectivity index (χ3v) is 3.99. The average Bonchev–Trinajstić information content (AvgIpc) is 3.01. The molecule has 116 valence electrons. The summed E-state index contributed by atoms with van der Waals surface area (Å²) in [6.07, 6.45) is 1.77. The lowest BCUT2D eigenvalue weighted by molar-refractivity contribution is 0.415. The van der Waals surface area contributed by atoms with Crippen LogP contribution in [0.25, 0.3) is 11.1 Å². The quantitative estimate of drug-likeness (QED) is 0.552. The SMILES string of the molecule is COc1cccc(-c2ccccc2C=NNc2nc(N)cs2)c1. The number of nitrogen functional groups attached to an aromatic ring is 1. The van der Waals surface area contributed by atoms with Crippen molar-refractivity contribution in [2.24, 2.45) is 5.10 Å². The van der Waals surface area contributed by atoms with Crippen molar-refractivity contribution in [2.75, 3.05) is 18.3 Å². The molecule has 0 unspecified atom stereocenters. The van der Waals surface area contributed by atoms with Crippen LogP contribution in [0.5, 0.6) is 5.75 Å². The second-order valence-corrected chi connectivity index (χ2v) is 5.62. The van der Waals surface area contributed by atoms with Crippen molar-refractivity contribution in [3.8, 4) is 16.9 Å². The second kappa shape index (κ2) is 6.93. The number of hydrogen-bond acceptors (Lipinski definition) is 6. The fourth-order valence-electron chi connectivity index (χ4n) is 2.16. The monoisotopic (exact) mass is 324 g/mol. The van der Waals surface area contributed by atoms with Crippen LogP contribution >= 0.6 is 11.3 Å². The molecule has 0 saturated heterocycles. The minimum absolute atomic E-state index is 0.490. The molecule has 0 aliphatic heterocycles. The van der Waals surface area contributed by atoms with Gasteiger partial charge in [-0.15, -0.1) is 11.3 Å². The predicted octanol–water partition coefficient (Wildman–Crippen LogP) is 3.85. The minimum Gasteiger partial charge on any atom is -0.497 e. The Morgan fingerprint density at radius 1 is 1.22 bits per heavy atom. The molecular weight excluding hydrogens is 308 g/mol. The lowest BCUT2D eigenvalue weighted by Crippen LogP contribution is -1.93. The molecule has 3 N–H and O–H groups in total. The zero-order valence-electron chi connectivity index (χ0n) is 12.6. The molecule has 0 aliphatic carbocycles. The van der Waals surface area contributed by atoms with E-state index in [1.165, 1.54) is 11.3 Å². The number of thiazole rings is 1. The zero-order valence-corrected chi connectivity index (χ0v) is 13.4. The van der Waals surface area contributed by atoms with Crippen molar-refractivity contribution in [1.29, 1.82) is 0 Å². The van der Waals surface area contributed by atoms with Crippen LogP contribution < -0.4 is 15.9 Å². The van der Waals surface area contributed by atoms with Gasteiger partial charge in [0, 0.05) is 10.9 Å². The Balaban J connectivity index is 1.85. The summed E-state index contributed by atoms with van der Waals surface area (Å²) < 4.78 is 5.29. The zero-order chi connectivity index (χ0) is 16.1. The molecule has 1 heterocycles. The highest BCUT2D eigenvalue weighted by Crippen LogP contribution is 2.26. The first-order valence-electron chi connectivity index (χ1n) is 7.00. The number of nitrogens with one attached hydrogen (secondary N) is 1. The molecule has 3 aromatic rings. The molecule has 0 aliphatic rings. The number of nitrogens with two attached hydrogens (primary N) is 1. The van der Waals surface area contributed by atoms with Crippen molar-refractivity contribution in [2.45, 2.75) is 0 Å². The molecule has 1 aromatic heterocycles. The van der Waals surface area contributed by atoms with Crippen LogP contribution in [0.2, 0.25) is 0 Å². The van der Waals surface area contributed by atoms with Gasteiger partial charge >= 0.3 is 0 Å². The number of benzene rings is 2. The summed E-state index contributed by atoms with van der Waals surface area (Å²) in [6, 6.07) is 16.0. The second-order valence-electron chi connectivity index (χ2n) is 4.77. The lowest BCUT2D eigenvalue weighted by atomic mass is 10.0. The van der Waals surface area contributed by atoms with Gasteiger partial charge in [-0.3, -0.25) is 5.43 Å². The maximum absolute atomic E-state index is 5.58. The van der Waals surface area contributed by atoms with Gasteiger partial charge in [0.1, 0.15) is 11.6 Å². The molecule has 23 heavy (non-hydrogen) atoms. The lowest BCUT2D eigenvalue weighted by Gasteiger charge is -2.07. The fraction of sp³-hybridized carbons (Fsp3) is 0.0588. The Kier molecular flexibility index (Phi) is 4.54. The highest BCUT2D eigenvalue weighted by atomic mass is 32.1. The van der Waals surface area contributed by atoms with E-state index in [9.17, 15) is 0 Å². The number of ether oxygens (including phenoxy) is 1. The average molecular weight is 324 g/mol. The third-order valence-electron chi connectivity index (χ3n) is 3.23. The summed E-state index contributed by atoms with van der Waals surface area (Å²) in [5.41, 5.74) is 11.6. The van der Waals surface area contributed by atoms with Gasteiger partial charge in [-0.25, -0.2) is 4.98 Å². The molecule has 5 nitrogen and oxygen atoms in total. The van der Waals surface area contributed by atoms with E-state index in [0.717, 1.165) is 22.4 Å². The summed E-state index contributed by atoms with van der Waals surface area (Å²) in [6.45, 7) is 0. The maximum atomic E-state index is 5.58. The topological polar surface area (TPSA) is 72.5 Å². The number of rotatable bonds is 5. The van der Waals surface area contributed by atoms with Crippen LogP contribution in [-0.2, 0) is 0 Å². The first-order valence-corrected chi connectivity index (χ1v) is 7.88. The van der Waals surface area contributed by atoms with E-state index < -0.39 is 0 Å². The summed E-state index contributed by atoms with van der Waals surface area (Å²) in [5.74, 6) is 1.31. The van der Waals surface area contributed by atoms with Gasteiger partial charge < -0.3 is 10.5 Å². The number of anilines is 2. The van der Waals surface area contributed by atoms with E-state index >= 15 is 0 Å². The number of nitrogens with zero attached hydrogens (tertiary/aromatic N) is 2. The largest absolute Gasteiger partial charge is 0.497 e. The van der Waals surface area contributed by atoms with Gasteiger partial charge in [0.25, 0.3) is 0 Å². The van der Waals surface area contributed by atoms with Crippen molar-refractivity contribution < 1.29 is 4.74 Å². The van der Waals surface area contributed by atoms with Crippen LogP contribution in [0.3, 0.4) is 0 Å². The molecular formula is C17H16N4OS. The number of hydrogen-bond donors (Lipinski definition) is 2. The van der Waals surface area contributed by atoms with Crippen LogP contribution in [0.4, 0.5) is 10.9 Å². The number of aromatic nitrogens is 1. The Morgan fingerprint density at radius 2 is 2.09 bits per heavy atom. The van der Waals surface area contributed by atoms with Gasteiger partial charge in [0.05, 0.1) is 13.3 Å². The first-order chi connectivity index (χ1) is 11.3. The molecule has 6 heteroatoms. The fourth-order valence-corrected chi connectivity index (χ4v) is 2.71. The molecule has 0 fully saturated rings. The van der Waals surface area contributed by atoms with Crippen LogP contribution in [-0.4, -0.2) is 18.3 Å². The molecule has 0 atom stereocenters. The Morgan fingerprint density at radius 3 is 2.87 bits per heavy atom. The Bertz CT molecular complexity index is 829. The van der Waals surface area contributed by atoms with E-state index in [1.54, 1.807) is 18.7 Å². The van der Waals surface area contributed by atoms with Crippen molar-refractivity contribution in [3.05, 3.63) is 59.5 Å². The van der Waals surface area contributed by atoms with Crippen molar-refractivity contribution in [1.82, 2.24) is 4.98 Å². The van der Waals surface area contributed by atoms with Gasteiger partial charge in [0.2, 0.25) is 5.13 Å². The first kappa shape index (κ1) is 15.1. The van der Waals surface area contributed by atoms with Crippen LogP contribution in [0.1, 0.15) is 5.56 Å². The normalized spacial score (nSPS) is 10.8. The standard InChI is InChI=1S/C17H16N4OS/c1-22-14-7-4-6-12(9-14)15-8-3-2-5-13(15)10-19-21-17-20-16(18)11-23-17/h2-11H,18H2,1H3,(H,20,21). The third kappa shape index (κ3) is 3.67. The molecule has 0 amide bonds. The van der Waals surface area contributed by atoms with Crippen LogP contribution in [0.15, 0.2) is 59.0 Å². The predicted molar refractivity (Wildman–Crippen MR) is 96.2 cm³/mol. The molecule has 0 bridgehead atoms. The van der Waals surface area contributed by atoms with E-state index in [0.29, 0.717) is 10.9 Å². The highest BCUT2D eigenvalue weighted by molar-refractivity contribution is 7.14. The summed E-state index contributed by atoms with van der Waals surface area (Å²) in [5, 5.41) is 6.67. The van der Waals surface area contributed by atoms with Gasteiger partial charge in [-0.05, 0) is 23.3 Å². The van der Waals surface area contributed by atoms with Gasteiger partial charge in [0.15, 0.2) is 0 Å². The molecule has 0 radical (unpaired) electrons. The molecule has 3 rings (SSSR count). The van der Waals surface area contributed by atoms with E-state index in [-0.39, 0.29) is 0 Å². The number of methoxy groups -OCH3 is 1. The molecule has 2 aromatic carbocycles. The molecule has 0 spiro atoms. The Hall–Kier alpha value is -2.86. The van der Waals surface area contributed by atoms with Crippen molar-refractivity contribution >= 4 is 28.5 Å². The van der Waals surface area contributed by atoms with E-state index in [1.807, 2.05) is 42.5 Å². The molecule has 0 saturated carbocycles. The summed E-state index contributed by atoms with van der Waals surface area (Å²) >= 11 is 1.41. The number of hydrazone groups is 1. The maximum Gasteiger partial charge on any atom is 0.205 e. The van der Waals surface area contributed by atoms with Gasteiger partial charge in [-0.2, -0.15) is 5.10 Å². The highest BCUT2D eigenvalue weighted by Gasteiger charge is 2.04. The van der Waals surface area contributed by atoms with Crippen LogP contribution in [0, 0.1) is 0 Å². The van der Waals surface area contributed by atoms with Gasteiger partial charge in [-0.1, -0.05) is 36.4 Å². The smallest absolute Gasteiger partial charge is 0.205 e. The summed E-state index contributed by atoms with van der Waals surface area (Å²) in [4.78, 5) is 4.10. The minimum atomic E-state index is 0.490. The Labute approximate surface area is 138 Å². The van der Waals surface area contributed by atoms with E-state index in [2.05, 4.69) is 21.6 Å². The van der Waals surface area contributed by atoms with Crippen molar-refractivity contribution in [3.63, 3.8) is 0 Å². The van der Waals surface area contributed by atoms with E-state index in [4.69, 9.17) is 10.5 Å². The summed E-state index contributed by atoms with van der Waals surface area (Å²) in [7, 11) is 1.66.